The van der Waals surface area contributed by atoms with Gasteiger partial charge in [0.15, 0.2) is 0 Å². The zero-order chi connectivity index (χ0) is 13.8. The van der Waals surface area contributed by atoms with Crippen LogP contribution in [0.5, 0.6) is 0 Å². The summed E-state index contributed by atoms with van der Waals surface area (Å²) < 4.78 is 0.892. The summed E-state index contributed by atoms with van der Waals surface area (Å²) in [4.78, 5) is 4.29. The van der Waals surface area contributed by atoms with Gasteiger partial charge in [-0.25, -0.2) is 4.98 Å². The molecule has 19 heavy (non-hydrogen) atoms. The molecule has 0 amide bonds. The van der Waals surface area contributed by atoms with E-state index < -0.39 is 0 Å². The number of halogens is 2. The number of benzene rings is 1. The number of hydrogen-bond donors (Lipinski definition) is 1. The lowest BCUT2D eigenvalue weighted by Gasteiger charge is -2.15. The average molecular weight is 340 g/mol. The topological polar surface area (TPSA) is 24.9 Å². The molecule has 0 radical (unpaired) electrons. The summed E-state index contributed by atoms with van der Waals surface area (Å²) in [6, 6.07) is 10.4. The number of rotatable bonds is 4. The maximum atomic E-state index is 5.88. The highest BCUT2D eigenvalue weighted by molar-refractivity contribution is 9.10. The van der Waals surface area contributed by atoms with Crippen LogP contribution in [0, 0.1) is 6.92 Å². The fourth-order valence-corrected chi connectivity index (χ4v) is 2.29. The van der Waals surface area contributed by atoms with Crippen molar-refractivity contribution in [1.29, 1.82) is 0 Å². The predicted octanol–water partition coefficient (Wildman–Crippen LogP) is 4.85. The van der Waals surface area contributed by atoms with E-state index in [2.05, 4.69) is 51.4 Å². The highest BCUT2D eigenvalue weighted by Crippen LogP contribution is 2.18. The van der Waals surface area contributed by atoms with Gasteiger partial charge in [-0.15, -0.1) is 0 Å². The van der Waals surface area contributed by atoms with Gasteiger partial charge in [-0.1, -0.05) is 23.7 Å². The molecule has 0 saturated carbocycles. The van der Waals surface area contributed by atoms with Crippen molar-refractivity contribution in [1.82, 2.24) is 4.98 Å². The SMILES string of the molecule is Cc1cc(NC(C)Cc2ccc(Cl)cc2)cnc1Br. The Bertz CT molecular complexity index is 555. The van der Waals surface area contributed by atoms with Gasteiger partial charge in [-0.3, -0.25) is 0 Å². The number of aromatic nitrogens is 1. The van der Waals surface area contributed by atoms with E-state index in [1.807, 2.05) is 25.3 Å². The van der Waals surface area contributed by atoms with Crippen LogP contribution in [0.4, 0.5) is 5.69 Å². The van der Waals surface area contributed by atoms with Crippen LogP contribution in [-0.4, -0.2) is 11.0 Å². The second kappa shape index (κ2) is 6.40. The van der Waals surface area contributed by atoms with Crippen molar-refractivity contribution in [3.63, 3.8) is 0 Å². The van der Waals surface area contributed by atoms with E-state index in [4.69, 9.17) is 11.6 Å². The van der Waals surface area contributed by atoms with Crippen molar-refractivity contribution in [3.05, 3.63) is 57.3 Å². The zero-order valence-corrected chi connectivity index (χ0v) is 13.3. The second-order valence-corrected chi connectivity index (χ2v) is 5.90. The van der Waals surface area contributed by atoms with Crippen LogP contribution < -0.4 is 5.32 Å². The van der Waals surface area contributed by atoms with Crippen LogP contribution >= 0.6 is 27.5 Å². The van der Waals surface area contributed by atoms with Gasteiger partial charge in [-0.05, 0) is 65.5 Å². The minimum atomic E-state index is 0.337. The van der Waals surface area contributed by atoms with Crippen LogP contribution in [0.3, 0.4) is 0 Å². The standard InChI is InChI=1S/C15H16BrClN2/c1-10-7-14(9-18-15(10)16)19-11(2)8-12-3-5-13(17)6-4-12/h3-7,9,11,19H,8H2,1-2H3. The summed E-state index contributed by atoms with van der Waals surface area (Å²) in [6.07, 6.45) is 2.79. The molecule has 0 fully saturated rings. The first-order valence-electron chi connectivity index (χ1n) is 6.17. The Morgan fingerprint density at radius 1 is 1.32 bits per heavy atom. The number of nitrogens with zero attached hydrogens (tertiary/aromatic N) is 1. The van der Waals surface area contributed by atoms with Crippen LogP contribution in [-0.2, 0) is 6.42 Å². The summed E-state index contributed by atoms with van der Waals surface area (Å²) in [5, 5.41) is 4.23. The van der Waals surface area contributed by atoms with Gasteiger partial charge in [0.05, 0.1) is 11.9 Å². The van der Waals surface area contributed by atoms with Gasteiger partial charge >= 0.3 is 0 Å². The summed E-state index contributed by atoms with van der Waals surface area (Å²) >= 11 is 9.29. The zero-order valence-electron chi connectivity index (χ0n) is 11.0. The lowest BCUT2D eigenvalue weighted by molar-refractivity contribution is 0.789. The van der Waals surface area contributed by atoms with E-state index in [9.17, 15) is 0 Å². The van der Waals surface area contributed by atoms with Gasteiger partial charge in [0.25, 0.3) is 0 Å². The monoisotopic (exact) mass is 338 g/mol. The van der Waals surface area contributed by atoms with Crippen molar-refractivity contribution in [2.45, 2.75) is 26.3 Å². The molecule has 0 spiro atoms. The number of anilines is 1. The van der Waals surface area contributed by atoms with Gasteiger partial charge < -0.3 is 5.32 Å². The van der Waals surface area contributed by atoms with Crippen LogP contribution in [0.1, 0.15) is 18.1 Å². The van der Waals surface area contributed by atoms with Gasteiger partial charge in [0.2, 0.25) is 0 Å². The Morgan fingerprint density at radius 3 is 2.63 bits per heavy atom. The lowest BCUT2D eigenvalue weighted by Crippen LogP contribution is -2.18. The molecule has 4 heteroatoms. The molecule has 100 valence electrons. The quantitative estimate of drug-likeness (QED) is 0.806. The van der Waals surface area contributed by atoms with E-state index in [1.54, 1.807) is 0 Å². The minimum Gasteiger partial charge on any atom is -0.381 e. The van der Waals surface area contributed by atoms with E-state index >= 15 is 0 Å². The highest BCUT2D eigenvalue weighted by atomic mass is 79.9. The van der Waals surface area contributed by atoms with Crippen LogP contribution in [0.15, 0.2) is 41.1 Å². The van der Waals surface area contributed by atoms with Crippen LogP contribution in [0.2, 0.25) is 5.02 Å². The summed E-state index contributed by atoms with van der Waals surface area (Å²) in [5.41, 5.74) is 3.44. The number of nitrogens with one attached hydrogen (secondary N) is 1. The molecule has 1 unspecified atom stereocenters. The largest absolute Gasteiger partial charge is 0.381 e. The van der Waals surface area contributed by atoms with E-state index in [-0.39, 0.29) is 0 Å². The summed E-state index contributed by atoms with van der Waals surface area (Å²) in [5.74, 6) is 0. The molecule has 2 aromatic rings. The first kappa shape index (κ1) is 14.4. The molecule has 0 saturated heterocycles. The van der Waals surface area contributed by atoms with Crippen LogP contribution in [0.25, 0.3) is 0 Å². The van der Waals surface area contributed by atoms with E-state index in [1.165, 1.54) is 5.56 Å². The first-order valence-corrected chi connectivity index (χ1v) is 7.35. The van der Waals surface area contributed by atoms with Crippen molar-refractivity contribution < 1.29 is 0 Å². The molecule has 0 aliphatic heterocycles. The molecule has 2 nitrogen and oxygen atoms in total. The van der Waals surface area contributed by atoms with Gasteiger partial charge in [0.1, 0.15) is 4.60 Å². The molecule has 2 rings (SSSR count). The lowest BCUT2D eigenvalue weighted by atomic mass is 10.1. The molecule has 0 bridgehead atoms. The third kappa shape index (κ3) is 4.22. The molecule has 1 aromatic carbocycles. The Hall–Kier alpha value is -1.06. The van der Waals surface area contributed by atoms with Crippen molar-refractivity contribution in [3.8, 4) is 0 Å². The Morgan fingerprint density at radius 2 is 2.00 bits per heavy atom. The molecule has 0 aliphatic rings. The maximum absolute atomic E-state index is 5.88. The highest BCUT2D eigenvalue weighted by Gasteiger charge is 2.05. The number of hydrogen-bond acceptors (Lipinski definition) is 2. The molecule has 1 heterocycles. The third-order valence-corrected chi connectivity index (χ3v) is 3.96. The predicted molar refractivity (Wildman–Crippen MR) is 84.9 cm³/mol. The van der Waals surface area contributed by atoms with E-state index in [0.29, 0.717) is 6.04 Å². The number of aryl methyl sites for hydroxylation is 1. The fourth-order valence-electron chi connectivity index (χ4n) is 1.95. The Labute approximate surface area is 127 Å². The minimum absolute atomic E-state index is 0.337. The van der Waals surface area contributed by atoms with Crippen molar-refractivity contribution >= 4 is 33.2 Å². The maximum Gasteiger partial charge on any atom is 0.109 e. The summed E-state index contributed by atoms with van der Waals surface area (Å²) in [6.45, 7) is 4.19. The molecular formula is C15H16BrClN2. The fraction of sp³-hybridized carbons (Fsp3) is 0.267. The van der Waals surface area contributed by atoms with Gasteiger partial charge in [0, 0.05) is 11.1 Å². The normalized spacial score (nSPS) is 12.2. The average Bonchev–Trinajstić information content (AvgIpc) is 2.37. The molecule has 0 aliphatic carbocycles. The molecule has 1 atom stereocenters. The number of pyridine rings is 1. The molecule has 1 N–H and O–H groups in total. The summed E-state index contributed by atoms with van der Waals surface area (Å²) in [7, 11) is 0. The molecular weight excluding hydrogens is 324 g/mol. The third-order valence-electron chi connectivity index (χ3n) is 2.88. The second-order valence-electron chi connectivity index (χ2n) is 4.71. The first-order chi connectivity index (χ1) is 9.04. The van der Waals surface area contributed by atoms with Gasteiger partial charge in [-0.2, -0.15) is 0 Å². The smallest absolute Gasteiger partial charge is 0.109 e. The van der Waals surface area contributed by atoms with Crippen molar-refractivity contribution in [2.24, 2.45) is 0 Å². The Kier molecular flexibility index (Phi) is 4.83. The molecule has 1 aromatic heterocycles. The van der Waals surface area contributed by atoms with E-state index in [0.717, 1.165) is 27.3 Å². The van der Waals surface area contributed by atoms with Crippen molar-refractivity contribution in [2.75, 3.05) is 5.32 Å². The Balaban J connectivity index is 1.98.